The van der Waals surface area contributed by atoms with Crippen LogP contribution in [0, 0.1) is 0 Å². The molecule has 1 aromatic heterocycles. The van der Waals surface area contributed by atoms with Crippen LogP contribution in [-0.2, 0) is 4.74 Å². The van der Waals surface area contributed by atoms with Crippen molar-refractivity contribution in [1.82, 2.24) is 4.98 Å². The molecule has 80 valence electrons. The second-order valence-electron chi connectivity index (χ2n) is 3.65. The van der Waals surface area contributed by atoms with Crippen molar-refractivity contribution < 1.29 is 9.53 Å². The first-order valence-electron chi connectivity index (χ1n) is 5.07. The third-order valence-electron chi connectivity index (χ3n) is 2.58. The fourth-order valence-corrected chi connectivity index (χ4v) is 1.78. The molecule has 2 rings (SSSR count). The lowest BCUT2D eigenvalue weighted by Gasteiger charge is -2.34. The largest absolute Gasteiger partial charge is 0.377 e. The molecule has 2 heterocycles. The van der Waals surface area contributed by atoms with Gasteiger partial charge in [0.15, 0.2) is 6.29 Å². The van der Waals surface area contributed by atoms with Crippen molar-refractivity contribution in [3.8, 4) is 0 Å². The zero-order valence-electron chi connectivity index (χ0n) is 8.72. The Labute approximate surface area is 88.9 Å². The molecule has 4 nitrogen and oxygen atoms in total. The molecular formula is C11H14N2O2. The van der Waals surface area contributed by atoms with Crippen LogP contribution in [0.3, 0.4) is 0 Å². The summed E-state index contributed by atoms with van der Waals surface area (Å²) in [6, 6.07) is 3.84. The Balaban J connectivity index is 2.30. The Morgan fingerprint density at radius 2 is 2.53 bits per heavy atom. The number of morpholine rings is 1. The Morgan fingerprint density at radius 3 is 3.27 bits per heavy atom. The van der Waals surface area contributed by atoms with Crippen LogP contribution in [0.5, 0.6) is 0 Å². The molecule has 0 aliphatic carbocycles. The molecule has 0 amide bonds. The van der Waals surface area contributed by atoms with Gasteiger partial charge in [-0.25, -0.2) is 4.98 Å². The molecule has 1 atom stereocenters. The van der Waals surface area contributed by atoms with Crippen LogP contribution >= 0.6 is 0 Å². The van der Waals surface area contributed by atoms with Crippen LogP contribution in [0.4, 0.5) is 5.82 Å². The SMILES string of the molecule is CC1COCCN1c1ncccc1C=O. The number of carbonyl (C=O) groups is 1. The maximum Gasteiger partial charge on any atom is 0.153 e. The van der Waals surface area contributed by atoms with Gasteiger partial charge >= 0.3 is 0 Å². The summed E-state index contributed by atoms with van der Waals surface area (Å²) in [5.41, 5.74) is 0.645. The van der Waals surface area contributed by atoms with Crippen LogP contribution in [-0.4, -0.2) is 37.1 Å². The van der Waals surface area contributed by atoms with Gasteiger partial charge in [0.05, 0.1) is 24.8 Å². The van der Waals surface area contributed by atoms with Gasteiger partial charge < -0.3 is 9.64 Å². The zero-order valence-corrected chi connectivity index (χ0v) is 8.72. The first kappa shape index (κ1) is 10.1. The van der Waals surface area contributed by atoms with E-state index in [0.29, 0.717) is 18.8 Å². The molecule has 0 saturated carbocycles. The topological polar surface area (TPSA) is 42.4 Å². The van der Waals surface area contributed by atoms with Gasteiger partial charge in [0.2, 0.25) is 0 Å². The second-order valence-corrected chi connectivity index (χ2v) is 3.65. The summed E-state index contributed by atoms with van der Waals surface area (Å²) in [7, 11) is 0. The third-order valence-corrected chi connectivity index (χ3v) is 2.58. The standard InChI is InChI=1S/C11H14N2O2/c1-9-8-15-6-5-13(9)11-10(7-14)3-2-4-12-11/h2-4,7,9H,5-6,8H2,1H3. The van der Waals surface area contributed by atoms with Gasteiger partial charge in [-0.1, -0.05) is 0 Å². The van der Waals surface area contributed by atoms with Gasteiger partial charge in [-0.05, 0) is 19.1 Å². The molecule has 15 heavy (non-hydrogen) atoms. The molecule has 1 aromatic rings. The maximum absolute atomic E-state index is 10.9. The van der Waals surface area contributed by atoms with E-state index >= 15 is 0 Å². The highest BCUT2D eigenvalue weighted by Gasteiger charge is 2.21. The number of rotatable bonds is 2. The van der Waals surface area contributed by atoms with Crippen LogP contribution < -0.4 is 4.90 Å². The normalized spacial score (nSPS) is 21.4. The highest BCUT2D eigenvalue weighted by Crippen LogP contribution is 2.19. The Bertz CT molecular complexity index is 354. The predicted octanol–water partition coefficient (Wildman–Crippen LogP) is 1.12. The summed E-state index contributed by atoms with van der Waals surface area (Å²) < 4.78 is 5.35. The maximum atomic E-state index is 10.9. The predicted molar refractivity (Wildman–Crippen MR) is 57.3 cm³/mol. The van der Waals surface area contributed by atoms with E-state index in [9.17, 15) is 4.79 Å². The molecule has 0 spiro atoms. The molecule has 0 radical (unpaired) electrons. The molecule has 1 aliphatic rings. The third kappa shape index (κ3) is 1.99. The number of pyridine rings is 1. The highest BCUT2D eigenvalue weighted by molar-refractivity contribution is 5.82. The minimum Gasteiger partial charge on any atom is -0.377 e. The molecule has 4 heteroatoms. The van der Waals surface area contributed by atoms with Crippen LogP contribution in [0.2, 0.25) is 0 Å². The summed E-state index contributed by atoms with van der Waals surface area (Å²) in [6.45, 7) is 4.25. The van der Waals surface area contributed by atoms with Crippen molar-refractivity contribution in [1.29, 1.82) is 0 Å². The van der Waals surface area contributed by atoms with Gasteiger partial charge in [0.1, 0.15) is 5.82 Å². The van der Waals surface area contributed by atoms with Gasteiger partial charge in [-0.2, -0.15) is 0 Å². The number of aldehydes is 1. The fraction of sp³-hybridized carbons (Fsp3) is 0.455. The smallest absolute Gasteiger partial charge is 0.153 e. The first-order valence-corrected chi connectivity index (χ1v) is 5.07. The summed E-state index contributed by atoms with van der Waals surface area (Å²) in [5.74, 6) is 0.767. The van der Waals surface area contributed by atoms with E-state index in [0.717, 1.165) is 18.6 Å². The molecule has 1 aliphatic heterocycles. The molecule has 1 unspecified atom stereocenters. The lowest BCUT2D eigenvalue weighted by Crippen LogP contribution is -2.44. The number of carbonyl (C=O) groups excluding carboxylic acids is 1. The van der Waals surface area contributed by atoms with Gasteiger partial charge in [0, 0.05) is 12.7 Å². The van der Waals surface area contributed by atoms with Crippen molar-refractivity contribution in [2.75, 3.05) is 24.7 Å². The molecule has 1 saturated heterocycles. The minimum absolute atomic E-state index is 0.271. The van der Waals surface area contributed by atoms with E-state index in [4.69, 9.17) is 4.74 Å². The second kappa shape index (κ2) is 4.40. The van der Waals surface area contributed by atoms with E-state index in [1.54, 1.807) is 18.3 Å². The van der Waals surface area contributed by atoms with Crippen LogP contribution in [0.25, 0.3) is 0 Å². The average Bonchev–Trinajstić information content (AvgIpc) is 2.30. The molecule has 0 bridgehead atoms. The van der Waals surface area contributed by atoms with Crippen LogP contribution in [0.15, 0.2) is 18.3 Å². The average molecular weight is 206 g/mol. The Morgan fingerprint density at radius 1 is 1.67 bits per heavy atom. The quantitative estimate of drug-likeness (QED) is 0.680. The zero-order chi connectivity index (χ0) is 10.7. The molecular weight excluding hydrogens is 192 g/mol. The molecule has 0 N–H and O–H groups in total. The van der Waals surface area contributed by atoms with Gasteiger partial charge in [-0.15, -0.1) is 0 Å². The van der Waals surface area contributed by atoms with Crippen molar-refractivity contribution in [2.45, 2.75) is 13.0 Å². The minimum atomic E-state index is 0.271. The van der Waals surface area contributed by atoms with E-state index < -0.39 is 0 Å². The Kier molecular flexibility index (Phi) is 2.97. The number of hydrogen-bond donors (Lipinski definition) is 0. The monoisotopic (exact) mass is 206 g/mol. The highest BCUT2D eigenvalue weighted by atomic mass is 16.5. The summed E-state index contributed by atoms with van der Waals surface area (Å²) >= 11 is 0. The van der Waals surface area contributed by atoms with E-state index in [2.05, 4.69) is 16.8 Å². The first-order chi connectivity index (χ1) is 7.33. The lowest BCUT2D eigenvalue weighted by molar-refractivity contribution is 0.0981. The van der Waals surface area contributed by atoms with E-state index in [-0.39, 0.29) is 6.04 Å². The number of aromatic nitrogens is 1. The lowest BCUT2D eigenvalue weighted by atomic mass is 10.2. The van der Waals surface area contributed by atoms with E-state index in [1.807, 2.05) is 0 Å². The fourth-order valence-electron chi connectivity index (χ4n) is 1.78. The number of ether oxygens (including phenoxy) is 1. The van der Waals surface area contributed by atoms with Gasteiger partial charge in [-0.3, -0.25) is 4.79 Å². The van der Waals surface area contributed by atoms with Crippen molar-refractivity contribution in [2.24, 2.45) is 0 Å². The van der Waals surface area contributed by atoms with Crippen molar-refractivity contribution >= 4 is 12.1 Å². The van der Waals surface area contributed by atoms with Crippen molar-refractivity contribution in [3.05, 3.63) is 23.9 Å². The van der Waals surface area contributed by atoms with Crippen molar-refractivity contribution in [3.63, 3.8) is 0 Å². The summed E-state index contributed by atoms with van der Waals surface area (Å²) in [4.78, 5) is 17.3. The van der Waals surface area contributed by atoms with Crippen LogP contribution in [0.1, 0.15) is 17.3 Å². The Hall–Kier alpha value is -1.42. The number of nitrogens with zero attached hydrogens (tertiary/aromatic N) is 2. The number of hydrogen-bond acceptors (Lipinski definition) is 4. The number of anilines is 1. The van der Waals surface area contributed by atoms with E-state index in [1.165, 1.54) is 0 Å². The molecule has 0 aromatic carbocycles. The summed E-state index contributed by atoms with van der Waals surface area (Å²) in [5, 5.41) is 0. The molecule has 1 fully saturated rings. The summed E-state index contributed by atoms with van der Waals surface area (Å²) in [6.07, 6.45) is 2.56. The van der Waals surface area contributed by atoms with Gasteiger partial charge in [0.25, 0.3) is 0 Å².